The van der Waals surface area contributed by atoms with Crippen molar-refractivity contribution in [1.82, 2.24) is 5.32 Å². The van der Waals surface area contributed by atoms with Crippen LogP contribution in [0.5, 0.6) is 5.75 Å². The van der Waals surface area contributed by atoms with Gasteiger partial charge in [-0.1, -0.05) is 19.1 Å². The Kier molecular flexibility index (Phi) is 6.67. The molecule has 1 unspecified atom stereocenters. The number of methoxy groups -OCH3 is 1. The summed E-state index contributed by atoms with van der Waals surface area (Å²) in [4.78, 5) is 0. The highest BCUT2D eigenvalue weighted by atomic mass is 16.5. The number of hydrogen-bond acceptors (Lipinski definition) is 3. The molecule has 0 saturated carbocycles. The molecule has 1 aromatic carbocycles. The maximum absolute atomic E-state index is 5.52. The average molecular weight is 236 g/mol. The Hall–Kier alpha value is -1.06. The normalized spacial score (nSPS) is 12.4. The van der Waals surface area contributed by atoms with Gasteiger partial charge in [-0.15, -0.1) is 0 Å². The zero-order chi connectivity index (χ0) is 12.5. The third kappa shape index (κ3) is 5.71. The lowest BCUT2D eigenvalue weighted by atomic mass is 10.1. The maximum atomic E-state index is 5.52. The number of ether oxygens (including phenoxy) is 1. The number of rotatable bonds is 8. The monoisotopic (exact) mass is 236 g/mol. The van der Waals surface area contributed by atoms with E-state index in [0.717, 1.165) is 38.2 Å². The Morgan fingerprint density at radius 3 is 2.94 bits per heavy atom. The molecular weight excluding hydrogens is 212 g/mol. The van der Waals surface area contributed by atoms with Crippen LogP contribution < -0.4 is 15.8 Å². The molecule has 1 rings (SSSR count). The zero-order valence-corrected chi connectivity index (χ0v) is 10.9. The van der Waals surface area contributed by atoms with Crippen molar-refractivity contribution in [2.45, 2.75) is 19.8 Å². The van der Waals surface area contributed by atoms with E-state index in [2.05, 4.69) is 24.4 Å². The van der Waals surface area contributed by atoms with Crippen molar-refractivity contribution in [2.75, 3.05) is 26.7 Å². The first-order valence-electron chi connectivity index (χ1n) is 6.30. The lowest BCUT2D eigenvalue weighted by Crippen LogP contribution is -2.24. The summed E-state index contributed by atoms with van der Waals surface area (Å²) in [6.45, 7) is 5.05. The molecule has 0 fully saturated rings. The smallest absolute Gasteiger partial charge is 0.119 e. The molecule has 0 heterocycles. The van der Waals surface area contributed by atoms with E-state index >= 15 is 0 Å². The van der Waals surface area contributed by atoms with Crippen LogP contribution in [-0.4, -0.2) is 26.7 Å². The standard InChI is InChI=1S/C14H24N2O/c1-12(6-8-15)11-16-9-7-13-4-3-5-14(10-13)17-2/h3-5,10,12,16H,6-9,11,15H2,1-2H3. The zero-order valence-electron chi connectivity index (χ0n) is 10.9. The van der Waals surface area contributed by atoms with Gasteiger partial charge in [0.1, 0.15) is 5.75 Å². The van der Waals surface area contributed by atoms with E-state index in [9.17, 15) is 0 Å². The van der Waals surface area contributed by atoms with Gasteiger partial charge in [0.05, 0.1) is 7.11 Å². The first-order chi connectivity index (χ1) is 8.26. The van der Waals surface area contributed by atoms with Crippen LogP contribution in [0.1, 0.15) is 18.9 Å². The molecule has 3 nitrogen and oxygen atoms in total. The predicted molar refractivity (Wildman–Crippen MR) is 72.4 cm³/mol. The fraction of sp³-hybridized carbons (Fsp3) is 0.571. The lowest BCUT2D eigenvalue weighted by Gasteiger charge is -2.11. The van der Waals surface area contributed by atoms with E-state index in [1.54, 1.807) is 7.11 Å². The molecule has 0 aliphatic carbocycles. The Balaban J connectivity index is 2.21. The van der Waals surface area contributed by atoms with E-state index < -0.39 is 0 Å². The molecular formula is C14H24N2O. The van der Waals surface area contributed by atoms with Gasteiger partial charge in [-0.2, -0.15) is 0 Å². The average Bonchev–Trinajstić information content (AvgIpc) is 2.35. The summed E-state index contributed by atoms with van der Waals surface area (Å²) in [7, 11) is 1.70. The summed E-state index contributed by atoms with van der Waals surface area (Å²) in [6, 6.07) is 8.23. The number of nitrogens with one attached hydrogen (secondary N) is 1. The largest absolute Gasteiger partial charge is 0.497 e. The number of hydrogen-bond donors (Lipinski definition) is 2. The molecule has 0 saturated heterocycles. The van der Waals surface area contributed by atoms with Crippen LogP contribution in [-0.2, 0) is 6.42 Å². The molecule has 0 radical (unpaired) electrons. The van der Waals surface area contributed by atoms with Crippen molar-refractivity contribution in [2.24, 2.45) is 11.7 Å². The Morgan fingerprint density at radius 1 is 1.41 bits per heavy atom. The fourth-order valence-electron chi connectivity index (χ4n) is 1.80. The first-order valence-corrected chi connectivity index (χ1v) is 6.30. The maximum Gasteiger partial charge on any atom is 0.119 e. The molecule has 17 heavy (non-hydrogen) atoms. The molecule has 1 aromatic rings. The highest BCUT2D eigenvalue weighted by Crippen LogP contribution is 2.12. The number of benzene rings is 1. The van der Waals surface area contributed by atoms with Gasteiger partial charge < -0.3 is 15.8 Å². The lowest BCUT2D eigenvalue weighted by molar-refractivity contribution is 0.414. The van der Waals surface area contributed by atoms with Crippen molar-refractivity contribution in [3.63, 3.8) is 0 Å². The minimum Gasteiger partial charge on any atom is -0.497 e. The summed E-state index contributed by atoms with van der Waals surface area (Å²) >= 11 is 0. The van der Waals surface area contributed by atoms with E-state index in [1.165, 1.54) is 5.56 Å². The van der Waals surface area contributed by atoms with Crippen molar-refractivity contribution in [3.05, 3.63) is 29.8 Å². The molecule has 0 spiro atoms. The second kappa shape index (κ2) is 8.09. The van der Waals surface area contributed by atoms with Crippen LogP contribution >= 0.6 is 0 Å². The van der Waals surface area contributed by atoms with E-state index in [0.29, 0.717) is 5.92 Å². The van der Waals surface area contributed by atoms with Crippen LogP contribution in [0.25, 0.3) is 0 Å². The van der Waals surface area contributed by atoms with Crippen LogP contribution in [0.2, 0.25) is 0 Å². The second-order valence-corrected chi connectivity index (χ2v) is 4.49. The molecule has 3 heteroatoms. The van der Waals surface area contributed by atoms with E-state index in [-0.39, 0.29) is 0 Å². The van der Waals surface area contributed by atoms with Gasteiger partial charge in [0, 0.05) is 0 Å². The van der Waals surface area contributed by atoms with Gasteiger partial charge in [0.25, 0.3) is 0 Å². The summed E-state index contributed by atoms with van der Waals surface area (Å²) < 4.78 is 5.20. The molecule has 0 aliphatic heterocycles. The van der Waals surface area contributed by atoms with Crippen molar-refractivity contribution >= 4 is 0 Å². The molecule has 0 aromatic heterocycles. The first kappa shape index (κ1) is 14.0. The molecule has 0 bridgehead atoms. The molecule has 96 valence electrons. The number of nitrogens with two attached hydrogens (primary N) is 1. The van der Waals surface area contributed by atoms with Gasteiger partial charge in [-0.25, -0.2) is 0 Å². The molecule has 0 aliphatic rings. The predicted octanol–water partition coefficient (Wildman–Crippen LogP) is 1.81. The van der Waals surface area contributed by atoms with Gasteiger partial charge in [0.15, 0.2) is 0 Å². The molecule has 3 N–H and O–H groups in total. The van der Waals surface area contributed by atoms with Crippen LogP contribution in [0.3, 0.4) is 0 Å². The summed E-state index contributed by atoms with van der Waals surface area (Å²) in [5.74, 6) is 1.59. The van der Waals surface area contributed by atoms with Gasteiger partial charge in [0.2, 0.25) is 0 Å². The Morgan fingerprint density at radius 2 is 2.24 bits per heavy atom. The SMILES string of the molecule is COc1cccc(CCNCC(C)CCN)c1. The Bertz CT molecular complexity index is 315. The quantitative estimate of drug-likeness (QED) is 0.677. The van der Waals surface area contributed by atoms with Crippen molar-refractivity contribution in [3.8, 4) is 5.75 Å². The van der Waals surface area contributed by atoms with Crippen LogP contribution in [0.4, 0.5) is 0 Å². The Labute approximate surface area is 104 Å². The van der Waals surface area contributed by atoms with Crippen molar-refractivity contribution < 1.29 is 4.74 Å². The molecule has 1 atom stereocenters. The highest BCUT2D eigenvalue weighted by molar-refractivity contribution is 5.28. The topological polar surface area (TPSA) is 47.3 Å². The third-order valence-corrected chi connectivity index (χ3v) is 2.88. The summed E-state index contributed by atoms with van der Waals surface area (Å²) in [5.41, 5.74) is 6.82. The van der Waals surface area contributed by atoms with Crippen LogP contribution in [0, 0.1) is 5.92 Å². The highest BCUT2D eigenvalue weighted by Gasteiger charge is 2.00. The van der Waals surface area contributed by atoms with E-state index in [4.69, 9.17) is 10.5 Å². The minimum absolute atomic E-state index is 0.658. The van der Waals surface area contributed by atoms with Crippen LogP contribution in [0.15, 0.2) is 24.3 Å². The molecule has 0 amide bonds. The third-order valence-electron chi connectivity index (χ3n) is 2.88. The van der Waals surface area contributed by atoms with Crippen molar-refractivity contribution in [1.29, 1.82) is 0 Å². The van der Waals surface area contributed by atoms with Gasteiger partial charge in [-0.3, -0.25) is 0 Å². The summed E-state index contributed by atoms with van der Waals surface area (Å²) in [6.07, 6.45) is 2.12. The van der Waals surface area contributed by atoms with Gasteiger partial charge >= 0.3 is 0 Å². The summed E-state index contributed by atoms with van der Waals surface area (Å²) in [5, 5.41) is 3.46. The van der Waals surface area contributed by atoms with Gasteiger partial charge in [-0.05, 0) is 56.1 Å². The van der Waals surface area contributed by atoms with E-state index in [1.807, 2.05) is 12.1 Å². The second-order valence-electron chi connectivity index (χ2n) is 4.49. The fourth-order valence-corrected chi connectivity index (χ4v) is 1.80. The minimum atomic E-state index is 0.658.